The molecular weight excluding hydrogens is 248 g/mol. The molecule has 1 unspecified atom stereocenters. The molecule has 0 aromatic carbocycles. The van der Waals surface area contributed by atoms with Gasteiger partial charge < -0.3 is 20.4 Å². The van der Waals surface area contributed by atoms with Crippen molar-refractivity contribution in [2.24, 2.45) is 5.41 Å². The number of nitrogens with one attached hydrogen (secondary N) is 1. The van der Waals surface area contributed by atoms with E-state index in [1.165, 1.54) is 32.1 Å². The third-order valence-electron chi connectivity index (χ3n) is 4.37. The van der Waals surface area contributed by atoms with Crippen molar-refractivity contribution in [1.82, 2.24) is 10.2 Å². The zero-order valence-electron chi connectivity index (χ0n) is 11.1. The van der Waals surface area contributed by atoms with Gasteiger partial charge in [-0.3, -0.25) is 0 Å². The smallest absolute Gasteiger partial charge is 0.334 e. The maximum Gasteiger partial charge on any atom is 0.334 e. The summed E-state index contributed by atoms with van der Waals surface area (Å²) in [5.74, 6) is -1.31. The van der Waals surface area contributed by atoms with Gasteiger partial charge in [-0.25, -0.2) is 9.59 Å². The van der Waals surface area contributed by atoms with Crippen LogP contribution in [0.4, 0.5) is 4.79 Å². The summed E-state index contributed by atoms with van der Waals surface area (Å²) in [6.07, 6.45) is 5.67. The Labute approximate surface area is 112 Å². The van der Waals surface area contributed by atoms with E-state index in [0.29, 0.717) is 5.41 Å². The molecule has 0 aromatic heterocycles. The van der Waals surface area contributed by atoms with Crippen LogP contribution in [0.5, 0.6) is 0 Å². The summed E-state index contributed by atoms with van der Waals surface area (Å²) in [6.45, 7) is 1.26. The minimum Gasteiger partial charge on any atom is -0.479 e. The molecular formula is C13H22N2O4. The Hall–Kier alpha value is -1.30. The van der Waals surface area contributed by atoms with Crippen LogP contribution in [0, 0.1) is 5.41 Å². The number of carbonyl (C=O) groups is 2. The van der Waals surface area contributed by atoms with Crippen molar-refractivity contribution in [1.29, 1.82) is 0 Å². The molecule has 0 bridgehead atoms. The van der Waals surface area contributed by atoms with E-state index in [0.717, 1.165) is 19.5 Å². The second kappa shape index (κ2) is 5.77. The number of carbonyl (C=O) groups excluding carboxylic acids is 1. The van der Waals surface area contributed by atoms with E-state index in [4.69, 9.17) is 10.2 Å². The van der Waals surface area contributed by atoms with Gasteiger partial charge in [-0.05, 0) is 24.7 Å². The molecule has 1 aliphatic heterocycles. The molecule has 2 amide bonds. The van der Waals surface area contributed by atoms with Crippen LogP contribution in [0.1, 0.15) is 38.5 Å². The Balaban J connectivity index is 1.80. The molecule has 2 fully saturated rings. The monoisotopic (exact) mass is 270 g/mol. The lowest BCUT2D eigenvalue weighted by atomic mass is 9.73. The summed E-state index contributed by atoms with van der Waals surface area (Å²) in [5.41, 5.74) is 0.293. The number of hydrogen-bond acceptors (Lipinski definition) is 3. The number of aliphatic hydroxyl groups is 1. The van der Waals surface area contributed by atoms with Crippen LogP contribution in [0.2, 0.25) is 0 Å². The molecule has 1 aliphatic carbocycles. The number of carboxylic acids is 1. The summed E-state index contributed by atoms with van der Waals surface area (Å²) >= 11 is 0. The van der Waals surface area contributed by atoms with Gasteiger partial charge in [0.15, 0.2) is 6.10 Å². The van der Waals surface area contributed by atoms with Gasteiger partial charge in [0.25, 0.3) is 0 Å². The fourth-order valence-electron chi connectivity index (χ4n) is 3.20. The minimum absolute atomic E-state index is 0.238. The molecule has 2 rings (SSSR count). The van der Waals surface area contributed by atoms with E-state index in [2.05, 4.69) is 5.32 Å². The van der Waals surface area contributed by atoms with E-state index < -0.39 is 12.1 Å². The third-order valence-corrected chi connectivity index (χ3v) is 4.37. The second-order valence-electron chi connectivity index (χ2n) is 5.77. The SMILES string of the molecule is O=C(O)C(O)CNC(=O)N1CCC2(CCCCC2)C1. The molecule has 0 radical (unpaired) electrons. The summed E-state index contributed by atoms with van der Waals surface area (Å²) in [6, 6.07) is -0.261. The van der Waals surface area contributed by atoms with Gasteiger partial charge in [-0.1, -0.05) is 19.3 Å². The van der Waals surface area contributed by atoms with Crippen LogP contribution in [0.3, 0.4) is 0 Å². The molecule has 1 atom stereocenters. The highest BCUT2D eigenvalue weighted by Crippen LogP contribution is 2.43. The highest BCUT2D eigenvalue weighted by molar-refractivity contribution is 5.77. The largest absolute Gasteiger partial charge is 0.479 e. The second-order valence-corrected chi connectivity index (χ2v) is 5.77. The van der Waals surface area contributed by atoms with Gasteiger partial charge >= 0.3 is 12.0 Å². The van der Waals surface area contributed by atoms with E-state index in [1.807, 2.05) is 0 Å². The molecule has 1 heterocycles. The van der Waals surface area contributed by atoms with Gasteiger partial charge in [-0.2, -0.15) is 0 Å². The van der Waals surface area contributed by atoms with Gasteiger partial charge in [0.05, 0.1) is 6.54 Å². The average Bonchev–Trinajstić information content (AvgIpc) is 2.80. The highest BCUT2D eigenvalue weighted by atomic mass is 16.4. The molecule has 6 heteroatoms. The van der Waals surface area contributed by atoms with Crippen LogP contribution in [0.25, 0.3) is 0 Å². The van der Waals surface area contributed by atoms with Crippen LogP contribution in [-0.2, 0) is 4.79 Å². The third kappa shape index (κ3) is 3.37. The molecule has 1 saturated heterocycles. The molecule has 2 aliphatic rings. The number of amides is 2. The first-order chi connectivity index (χ1) is 9.02. The number of aliphatic carboxylic acids is 1. The van der Waals surface area contributed by atoms with Gasteiger partial charge in [0.1, 0.15) is 0 Å². The Morgan fingerprint density at radius 3 is 2.53 bits per heavy atom. The van der Waals surface area contributed by atoms with Gasteiger partial charge in [0.2, 0.25) is 0 Å². The van der Waals surface area contributed by atoms with Crippen molar-refractivity contribution in [2.45, 2.75) is 44.6 Å². The predicted octanol–water partition coefficient (Wildman–Crippen LogP) is 0.798. The van der Waals surface area contributed by atoms with Crippen LogP contribution in [0.15, 0.2) is 0 Å². The van der Waals surface area contributed by atoms with Crippen molar-refractivity contribution in [3.8, 4) is 0 Å². The molecule has 108 valence electrons. The number of urea groups is 1. The normalized spacial score (nSPS) is 23.3. The van der Waals surface area contributed by atoms with Crippen molar-refractivity contribution in [3.05, 3.63) is 0 Å². The number of nitrogens with zero attached hydrogens (tertiary/aromatic N) is 1. The van der Waals surface area contributed by atoms with Gasteiger partial charge in [-0.15, -0.1) is 0 Å². The maximum atomic E-state index is 11.9. The lowest BCUT2D eigenvalue weighted by molar-refractivity contribution is -0.146. The molecule has 1 spiro atoms. The Morgan fingerprint density at radius 2 is 1.89 bits per heavy atom. The highest BCUT2D eigenvalue weighted by Gasteiger charge is 2.40. The average molecular weight is 270 g/mol. The van der Waals surface area contributed by atoms with E-state index >= 15 is 0 Å². The number of carboxylic acid groups (broad SMARTS) is 1. The van der Waals surface area contributed by atoms with Crippen LogP contribution < -0.4 is 5.32 Å². The first-order valence-electron chi connectivity index (χ1n) is 6.96. The van der Waals surface area contributed by atoms with Gasteiger partial charge in [0, 0.05) is 13.1 Å². The summed E-state index contributed by atoms with van der Waals surface area (Å²) in [7, 11) is 0. The van der Waals surface area contributed by atoms with E-state index in [1.54, 1.807) is 4.90 Å². The standard InChI is InChI=1S/C13H22N2O4/c16-10(11(17)18)8-14-12(19)15-7-6-13(9-15)4-2-1-3-5-13/h10,16H,1-9H2,(H,14,19)(H,17,18). The number of rotatable bonds is 3. The van der Waals surface area contributed by atoms with Crippen molar-refractivity contribution < 1.29 is 19.8 Å². The topological polar surface area (TPSA) is 89.9 Å². The van der Waals surface area contributed by atoms with E-state index in [-0.39, 0.29) is 12.6 Å². The fraction of sp³-hybridized carbons (Fsp3) is 0.846. The maximum absolute atomic E-state index is 11.9. The molecule has 6 nitrogen and oxygen atoms in total. The Kier molecular flexibility index (Phi) is 4.29. The summed E-state index contributed by atoms with van der Waals surface area (Å²) in [4.78, 5) is 24.1. The quantitative estimate of drug-likeness (QED) is 0.707. The zero-order valence-corrected chi connectivity index (χ0v) is 11.1. The van der Waals surface area contributed by atoms with Crippen molar-refractivity contribution in [3.63, 3.8) is 0 Å². The molecule has 1 saturated carbocycles. The number of hydrogen-bond donors (Lipinski definition) is 3. The predicted molar refractivity (Wildman–Crippen MR) is 68.7 cm³/mol. The lowest BCUT2D eigenvalue weighted by Gasteiger charge is -2.33. The lowest BCUT2D eigenvalue weighted by Crippen LogP contribution is -2.44. The van der Waals surface area contributed by atoms with Crippen LogP contribution in [-0.4, -0.2) is 52.9 Å². The fourth-order valence-corrected chi connectivity index (χ4v) is 3.20. The van der Waals surface area contributed by atoms with Crippen LogP contribution >= 0.6 is 0 Å². The minimum atomic E-state index is -1.53. The summed E-state index contributed by atoms with van der Waals surface area (Å²) < 4.78 is 0. The molecule has 3 N–H and O–H groups in total. The van der Waals surface area contributed by atoms with Crippen molar-refractivity contribution >= 4 is 12.0 Å². The summed E-state index contributed by atoms with van der Waals surface area (Å²) in [5, 5.41) is 20.2. The first-order valence-corrected chi connectivity index (χ1v) is 6.96. The first kappa shape index (κ1) is 14.1. The molecule has 0 aromatic rings. The Bertz CT molecular complexity index is 353. The molecule has 19 heavy (non-hydrogen) atoms. The van der Waals surface area contributed by atoms with E-state index in [9.17, 15) is 9.59 Å². The zero-order chi connectivity index (χ0) is 13.9. The number of aliphatic hydroxyl groups excluding tert-OH is 1. The number of likely N-dealkylation sites (tertiary alicyclic amines) is 1. The van der Waals surface area contributed by atoms with Crippen molar-refractivity contribution in [2.75, 3.05) is 19.6 Å². The Morgan fingerprint density at radius 1 is 1.21 bits per heavy atom.